The minimum absolute atomic E-state index is 0.160. The first-order valence-electron chi connectivity index (χ1n) is 12.4. The number of urea groups is 1. The van der Waals surface area contributed by atoms with Crippen LogP contribution >= 0.6 is 0 Å². The highest BCUT2D eigenvalue weighted by molar-refractivity contribution is 6.46. The van der Waals surface area contributed by atoms with Gasteiger partial charge in [-0.05, 0) is 73.2 Å². The molecule has 0 aromatic heterocycles. The predicted molar refractivity (Wildman–Crippen MR) is 148 cm³/mol. The fourth-order valence-corrected chi connectivity index (χ4v) is 4.47. The number of barbiturate groups is 1. The van der Waals surface area contributed by atoms with Crippen LogP contribution in [0.5, 0.6) is 11.5 Å². The van der Waals surface area contributed by atoms with E-state index in [0.717, 1.165) is 20.6 Å². The molecule has 7 heteroatoms. The van der Waals surface area contributed by atoms with Crippen LogP contribution < -0.4 is 19.3 Å². The van der Waals surface area contributed by atoms with E-state index in [9.17, 15) is 14.4 Å². The first kappa shape index (κ1) is 24.8. The lowest BCUT2D eigenvalue weighted by atomic mass is 9.98. The Bertz CT molecular complexity index is 1480. The van der Waals surface area contributed by atoms with Crippen LogP contribution in [0, 0.1) is 0 Å². The zero-order chi connectivity index (χ0) is 26.6. The molecular formula is C31H26N2O5. The summed E-state index contributed by atoms with van der Waals surface area (Å²) in [6.45, 7) is 4.64. The number of para-hydroxylation sites is 2. The van der Waals surface area contributed by atoms with Crippen molar-refractivity contribution in [2.45, 2.75) is 13.8 Å². The van der Waals surface area contributed by atoms with E-state index in [1.54, 1.807) is 60.7 Å². The maximum atomic E-state index is 13.8. The summed E-state index contributed by atoms with van der Waals surface area (Å²) in [6, 6.07) is 25.8. The van der Waals surface area contributed by atoms with E-state index in [4.69, 9.17) is 9.47 Å². The molecule has 1 aliphatic heterocycles. The Morgan fingerprint density at radius 3 is 1.79 bits per heavy atom. The molecule has 0 unspecified atom stereocenters. The predicted octanol–water partition coefficient (Wildman–Crippen LogP) is 6.22. The molecule has 0 aliphatic carbocycles. The summed E-state index contributed by atoms with van der Waals surface area (Å²) in [5, 5.41) is 1.64. The lowest BCUT2D eigenvalue weighted by molar-refractivity contribution is -0.121. The summed E-state index contributed by atoms with van der Waals surface area (Å²) in [6.07, 6.45) is 1.52. The van der Waals surface area contributed by atoms with Crippen LogP contribution in [0.4, 0.5) is 16.2 Å². The minimum Gasteiger partial charge on any atom is -0.494 e. The largest absolute Gasteiger partial charge is 0.494 e. The maximum absolute atomic E-state index is 13.8. The van der Waals surface area contributed by atoms with Crippen molar-refractivity contribution in [1.82, 2.24) is 0 Å². The molecule has 1 fully saturated rings. The van der Waals surface area contributed by atoms with Crippen LogP contribution in [-0.4, -0.2) is 31.1 Å². The molecule has 4 aromatic rings. The lowest BCUT2D eigenvalue weighted by Gasteiger charge is -2.34. The fourth-order valence-electron chi connectivity index (χ4n) is 4.47. The van der Waals surface area contributed by atoms with Gasteiger partial charge in [0.05, 0.1) is 24.6 Å². The van der Waals surface area contributed by atoms with Crippen molar-refractivity contribution >= 4 is 46.1 Å². The molecule has 0 saturated carbocycles. The van der Waals surface area contributed by atoms with Crippen LogP contribution in [0.25, 0.3) is 16.8 Å². The van der Waals surface area contributed by atoms with Crippen LogP contribution in [0.1, 0.15) is 19.4 Å². The Morgan fingerprint density at radius 1 is 0.684 bits per heavy atom. The van der Waals surface area contributed by atoms with Gasteiger partial charge in [-0.1, -0.05) is 48.5 Å². The van der Waals surface area contributed by atoms with Gasteiger partial charge >= 0.3 is 6.03 Å². The van der Waals surface area contributed by atoms with E-state index < -0.39 is 17.8 Å². The zero-order valence-corrected chi connectivity index (χ0v) is 21.1. The van der Waals surface area contributed by atoms with Gasteiger partial charge in [0.15, 0.2) is 0 Å². The van der Waals surface area contributed by atoms with Gasteiger partial charge in [-0.3, -0.25) is 9.59 Å². The lowest BCUT2D eigenvalue weighted by Crippen LogP contribution is -2.57. The number of rotatable bonds is 7. The number of carbonyl (C=O) groups is 3. The molecule has 0 N–H and O–H groups in total. The average Bonchev–Trinajstić information content (AvgIpc) is 2.93. The van der Waals surface area contributed by atoms with Crippen LogP contribution in [-0.2, 0) is 9.59 Å². The molecule has 7 nitrogen and oxygen atoms in total. The van der Waals surface area contributed by atoms with Crippen molar-refractivity contribution < 1.29 is 23.9 Å². The number of amides is 4. The normalized spacial score (nSPS) is 13.7. The first-order chi connectivity index (χ1) is 18.5. The Balaban J connectivity index is 1.74. The molecule has 1 saturated heterocycles. The standard InChI is InChI=1S/C31H26N2O5/c1-3-37-24-17-15-21-16-18-28(38-4-2)26(25(21)19-24)20-27-29(34)32(22-11-7-5-8-12-22)31(36)33(30(27)35)23-13-9-6-10-14-23/h5-20H,3-4H2,1-2H3. The number of imide groups is 2. The molecule has 4 amide bonds. The summed E-state index contributed by atoms with van der Waals surface area (Å²) in [4.78, 5) is 43.3. The summed E-state index contributed by atoms with van der Waals surface area (Å²) in [5.41, 5.74) is 1.12. The molecule has 0 spiro atoms. The number of carbonyl (C=O) groups excluding carboxylic acids is 3. The van der Waals surface area contributed by atoms with Gasteiger partial charge < -0.3 is 9.47 Å². The molecule has 0 bridgehead atoms. The Hall–Kier alpha value is -4.91. The highest BCUT2D eigenvalue weighted by Crippen LogP contribution is 2.35. The minimum atomic E-state index is -0.740. The van der Waals surface area contributed by atoms with Gasteiger partial charge in [-0.2, -0.15) is 0 Å². The number of benzene rings is 4. The molecule has 190 valence electrons. The molecular weight excluding hydrogens is 480 g/mol. The molecule has 38 heavy (non-hydrogen) atoms. The number of anilines is 2. The molecule has 1 aliphatic rings. The van der Waals surface area contributed by atoms with E-state index in [0.29, 0.717) is 41.7 Å². The number of fused-ring (bicyclic) bond motifs is 1. The van der Waals surface area contributed by atoms with Crippen LogP contribution in [0.3, 0.4) is 0 Å². The van der Waals surface area contributed by atoms with Gasteiger partial charge in [0.25, 0.3) is 11.8 Å². The van der Waals surface area contributed by atoms with E-state index in [1.807, 2.05) is 44.2 Å². The second-order valence-electron chi connectivity index (χ2n) is 8.52. The second kappa shape index (κ2) is 10.6. The molecule has 5 rings (SSSR count). The van der Waals surface area contributed by atoms with E-state index in [-0.39, 0.29) is 5.57 Å². The quantitative estimate of drug-likeness (QED) is 0.220. The summed E-state index contributed by atoms with van der Waals surface area (Å²) >= 11 is 0. The molecule has 4 aromatic carbocycles. The molecule has 1 heterocycles. The van der Waals surface area contributed by atoms with Crippen molar-refractivity contribution in [1.29, 1.82) is 0 Å². The number of hydrogen-bond acceptors (Lipinski definition) is 5. The number of nitrogens with zero attached hydrogens (tertiary/aromatic N) is 2. The van der Waals surface area contributed by atoms with Crippen molar-refractivity contribution in [2.75, 3.05) is 23.0 Å². The Labute approximate surface area is 220 Å². The van der Waals surface area contributed by atoms with Crippen LogP contribution in [0.2, 0.25) is 0 Å². The second-order valence-corrected chi connectivity index (χ2v) is 8.52. The summed E-state index contributed by atoms with van der Waals surface area (Å²) in [7, 11) is 0. The van der Waals surface area contributed by atoms with Crippen molar-refractivity contribution in [2.24, 2.45) is 0 Å². The van der Waals surface area contributed by atoms with Crippen molar-refractivity contribution in [3.8, 4) is 11.5 Å². The van der Waals surface area contributed by atoms with Gasteiger partial charge in [-0.25, -0.2) is 14.6 Å². The number of ether oxygens (including phenoxy) is 2. The smallest absolute Gasteiger partial charge is 0.343 e. The average molecular weight is 507 g/mol. The third-order valence-electron chi connectivity index (χ3n) is 6.17. The highest BCUT2D eigenvalue weighted by Gasteiger charge is 2.43. The SMILES string of the molecule is CCOc1ccc2ccc(OCC)c(C=C3C(=O)N(c4ccccc4)C(=O)N(c4ccccc4)C3=O)c2c1. The van der Waals surface area contributed by atoms with Crippen molar-refractivity contribution in [3.63, 3.8) is 0 Å². The van der Waals surface area contributed by atoms with E-state index in [1.165, 1.54) is 6.08 Å². The number of hydrogen-bond donors (Lipinski definition) is 0. The maximum Gasteiger partial charge on any atom is 0.343 e. The van der Waals surface area contributed by atoms with Crippen LogP contribution in [0.15, 0.2) is 96.6 Å². The van der Waals surface area contributed by atoms with Gasteiger partial charge in [0.2, 0.25) is 0 Å². The summed E-state index contributed by atoms with van der Waals surface area (Å²) in [5.74, 6) is -0.254. The third-order valence-corrected chi connectivity index (χ3v) is 6.17. The topological polar surface area (TPSA) is 76.2 Å². The highest BCUT2D eigenvalue weighted by atomic mass is 16.5. The molecule has 0 radical (unpaired) electrons. The Morgan fingerprint density at radius 2 is 1.24 bits per heavy atom. The van der Waals surface area contributed by atoms with Gasteiger partial charge in [0, 0.05) is 5.56 Å². The van der Waals surface area contributed by atoms with Gasteiger partial charge in [-0.15, -0.1) is 0 Å². The monoisotopic (exact) mass is 506 g/mol. The van der Waals surface area contributed by atoms with Crippen molar-refractivity contribution in [3.05, 3.63) is 102 Å². The first-order valence-corrected chi connectivity index (χ1v) is 12.4. The van der Waals surface area contributed by atoms with Gasteiger partial charge in [0.1, 0.15) is 17.1 Å². The Kier molecular flexibility index (Phi) is 6.91. The van der Waals surface area contributed by atoms with E-state index in [2.05, 4.69) is 0 Å². The van der Waals surface area contributed by atoms with E-state index >= 15 is 0 Å². The fraction of sp³-hybridized carbons (Fsp3) is 0.129. The molecule has 0 atom stereocenters. The summed E-state index contributed by atoms with van der Waals surface area (Å²) < 4.78 is 11.6. The third kappa shape index (κ3) is 4.50. The zero-order valence-electron chi connectivity index (χ0n) is 21.1.